The fraction of sp³-hybridized carbons (Fsp3) is 0.667. The maximum absolute atomic E-state index is 5.46. The van der Waals surface area contributed by atoms with Gasteiger partial charge in [0, 0.05) is 39.9 Å². The van der Waals surface area contributed by atoms with Crippen molar-refractivity contribution in [2.45, 2.75) is 39.3 Å². The topological polar surface area (TPSA) is 40.1 Å². The quantitative estimate of drug-likeness (QED) is 0.345. The van der Waals surface area contributed by atoms with E-state index in [1.165, 1.54) is 30.4 Å². The Labute approximate surface area is 182 Å². The minimum absolute atomic E-state index is 0. The molecule has 6 heteroatoms. The van der Waals surface area contributed by atoms with Crippen LogP contribution >= 0.6 is 24.0 Å². The zero-order chi connectivity index (χ0) is 18.8. The molecule has 1 N–H and O–H groups in total. The Hall–Kier alpha value is -0.860. The maximum Gasteiger partial charge on any atom is 0.193 e. The van der Waals surface area contributed by atoms with Crippen molar-refractivity contribution in [3.63, 3.8) is 0 Å². The number of hydrogen-bond acceptors (Lipinski definition) is 3. The summed E-state index contributed by atoms with van der Waals surface area (Å²) in [5.74, 6) is 1.79. The lowest BCUT2D eigenvalue weighted by Gasteiger charge is -2.26. The van der Waals surface area contributed by atoms with E-state index in [1.54, 1.807) is 0 Å². The Morgan fingerprint density at radius 1 is 1.19 bits per heavy atom. The summed E-state index contributed by atoms with van der Waals surface area (Å²) >= 11 is 0. The molecule has 1 aliphatic rings. The van der Waals surface area contributed by atoms with Crippen LogP contribution in [-0.2, 0) is 17.8 Å². The monoisotopic (exact) mass is 488 g/mol. The number of aliphatic imine (C=N–C) groups is 1. The Kier molecular flexibility index (Phi) is 11.9. The van der Waals surface area contributed by atoms with Gasteiger partial charge in [-0.3, -0.25) is 0 Å². The Morgan fingerprint density at radius 3 is 2.56 bits per heavy atom. The molecule has 154 valence electrons. The van der Waals surface area contributed by atoms with Gasteiger partial charge in [0.2, 0.25) is 0 Å². The number of guanidine groups is 1. The van der Waals surface area contributed by atoms with Gasteiger partial charge in [0.1, 0.15) is 0 Å². The molecule has 1 saturated heterocycles. The molecule has 2 rings (SSSR count). The smallest absolute Gasteiger partial charge is 0.193 e. The summed E-state index contributed by atoms with van der Waals surface area (Å²) < 4.78 is 5.46. The van der Waals surface area contributed by atoms with Crippen LogP contribution in [0, 0.1) is 5.92 Å². The highest BCUT2D eigenvalue weighted by Crippen LogP contribution is 2.18. The van der Waals surface area contributed by atoms with Crippen molar-refractivity contribution in [2.24, 2.45) is 10.9 Å². The highest BCUT2D eigenvalue weighted by molar-refractivity contribution is 14.0. The molecule has 0 bridgehead atoms. The molecule has 0 aromatic heterocycles. The number of halogens is 1. The zero-order valence-electron chi connectivity index (χ0n) is 17.4. The minimum atomic E-state index is 0. The first kappa shape index (κ1) is 24.2. The summed E-state index contributed by atoms with van der Waals surface area (Å²) in [6.07, 6.45) is 3.60. The molecule has 0 atom stereocenters. The molecule has 0 radical (unpaired) electrons. The predicted octanol–water partition coefficient (Wildman–Crippen LogP) is 3.58. The summed E-state index contributed by atoms with van der Waals surface area (Å²) in [6, 6.07) is 8.73. The van der Waals surface area contributed by atoms with Crippen LogP contribution in [-0.4, -0.2) is 63.2 Å². The van der Waals surface area contributed by atoms with Crippen LogP contribution in [0.4, 0.5) is 0 Å². The maximum atomic E-state index is 5.46. The normalized spacial score (nSPS) is 15.5. The summed E-state index contributed by atoms with van der Waals surface area (Å²) in [5, 5.41) is 3.43. The number of nitrogens with zero attached hydrogens (tertiary/aromatic N) is 3. The van der Waals surface area contributed by atoms with E-state index < -0.39 is 0 Å². The molecule has 0 unspecified atom stereocenters. The lowest BCUT2D eigenvalue weighted by molar-refractivity contribution is 0.0625. The first-order chi connectivity index (χ1) is 12.6. The van der Waals surface area contributed by atoms with E-state index in [1.807, 2.05) is 0 Å². The van der Waals surface area contributed by atoms with Gasteiger partial charge in [-0.15, -0.1) is 24.0 Å². The average Bonchev–Trinajstić information content (AvgIpc) is 2.64. The number of hydrogen-bond donors (Lipinski definition) is 1. The van der Waals surface area contributed by atoms with Crippen LogP contribution in [0.15, 0.2) is 29.3 Å². The van der Waals surface area contributed by atoms with Gasteiger partial charge in [-0.2, -0.15) is 0 Å². The molecule has 1 heterocycles. The van der Waals surface area contributed by atoms with Crippen LogP contribution in [0.2, 0.25) is 0 Å². The molecular formula is C21H37IN4O. The van der Waals surface area contributed by atoms with Gasteiger partial charge in [-0.1, -0.05) is 24.3 Å². The van der Waals surface area contributed by atoms with Crippen molar-refractivity contribution < 1.29 is 4.74 Å². The molecule has 5 nitrogen and oxygen atoms in total. The first-order valence-electron chi connectivity index (χ1n) is 9.88. The van der Waals surface area contributed by atoms with Gasteiger partial charge >= 0.3 is 0 Å². The molecule has 27 heavy (non-hydrogen) atoms. The Morgan fingerprint density at radius 2 is 1.89 bits per heavy atom. The van der Waals surface area contributed by atoms with Gasteiger partial charge in [-0.25, -0.2) is 4.99 Å². The Bertz CT molecular complexity index is 559. The van der Waals surface area contributed by atoms with Crippen molar-refractivity contribution in [3.05, 3.63) is 35.4 Å². The number of benzene rings is 1. The van der Waals surface area contributed by atoms with E-state index in [0.717, 1.165) is 44.7 Å². The summed E-state index contributed by atoms with van der Waals surface area (Å²) in [5.41, 5.74) is 2.60. The van der Waals surface area contributed by atoms with Gasteiger partial charge in [-0.05, 0) is 57.3 Å². The highest BCUT2D eigenvalue weighted by Gasteiger charge is 2.15. The van der Waals surface area contributed by atoms with Crippen molar-refractivity contribution >= 4 is 29.9 Å². The molecule has 0 aliphatic carbocycles. The van der Waals surface area contributed by atoms with Crippen LogP contribution in [0.1, 0.15) is 37.3 Å². The SMILES string of the molecule is CCNC(=NCc1cccc(CN(C)C)c1)N(C)CCC1CCOCC1.I. The number of rotatable bonds is 8. The second-order valence-electron chi connectivity index (χ2n) is 7.49. The summed E-state index contributed by atoms with van der Waals surface area (Å²) in [7, 11) is 6.34. The van der Waals surface area contributed by atoms with E-state index in [4.69, 9.17) is 9.73 Å². The lowest BCUT2D eigenvalue weighted by atomic mass is 9.96. The molecule has 1 fully saturated rings. The molecule has 1 aromatic rings. The van der Waals surface area contributed by atoms with Crippen LogP contribution < -0.4 is 5.32 Å². The summed E-state index contributed by atoms with van der Waals surface area (Å²) in [6.45, 7) is 7.57. The largest absolute Gasteiger partial charge is 0.381 e. The van der Waals surface area contributed by atoms with Crippen molar-refractivity contribution in [2.75, 3.05) is 47.4 Å². The van der Waals surface area contributed by atoms with E-state index in [2.05, 4.69) is 67.4 Å². The van der Waals surface area contributed by atoms with Crippen LogP contribution in [0.3, 0.4) is 0 Å². The third kappa shape index (κ3) is 9.25. The molecule has 1 aliphatic heterocycles. The lowest BCUT2D eigenvalue weighted by Crippen LogP contribution is -2.40. The third-order valence-corrected chi connectivity index (χ3v) is 4.81. The zero-order valence-corrected chi connectivity index (χ0v) is 19.7. The average molecular weight is 488 g/mol. The standard InChI is InChI=1S/C21H36N4O.HI/c1-5-22-21(25(4)12-9-18-10-13-26-14-11-18)23-16-19-7-6-8-20(15-19)17-24(2)3;/h6-8,15,18H,5,9-14,16-17H2,1-4H3,(H,22,23);1H. The van der Waals surface area contributed by atoms with Crippen molar-refractivity contribution in [1.29, 1.82) is 0 Å². The van der Waals surface area contributed by atoms with Gasteiger partial charge in [0.25, 0.3) is 0 Å². The Balaban J connectivity index is 0.00000364. The van der Waals surface area contributed by atoms with Gasteiger partial charge in [0.05, 0.1) is 6.54 Å². The second kappa shape index (κ2) is 13.3. The molecule has 0 saturated carbocycles. The van der Waals surface area contributed by atoms with Gasteiger partial charge in [0.15, 0.2) is 5.96 Å². The molecule has 0 spiro atoms. The first-order valence-corrected chi connectivity index (χ1v) is 9.88. The molecule has 0 amide bonds. The van der Waals surface area contributed by atoms with Crippen LogP contribution in [0.5, 0.6) is 0 Å². The van der Waals surface area contributed by atoms with Crippen molar-refractivity contribution in [3.8, 4) is 0 Å². The van der Waals surface area contributed by atoms with E-state index >= 15 is 0 Å². The van der Waals surface area contributed by atoms with Crippen LogP contribution in [0.25, 0.3) is 0 Å². The third-order valence-electron chi connectivity index (χ3n) is 4.81. The highest BCUT2D eigenvalue weighted by atomic mass is 127. The fourth-order valence-electron chi connectivity index (χ4n) is 3.34. The van der Waals surface area contributed by atoms with E-state index in [-0.39, 0.29) is 24.0 Å². The predicted molar refractivity (Wildman–Crippen MR) is 125 cm³/mol. The van der Waals surface area contributed by atoms with Gasteiger partial charge < -0.3 is 19.9 Å². The van der Waals surface area contributed by atoms with Crippen molar-refractivity contribution in [1.82, 2.24) is 15.1 Å². The molecular weight excluding hydrogens is 451 g/mol. The van der Waals surface area contributed by atoms with E-state index in [9.17, 15) is 0 Å². The minimum Gasteiger partial charge on any atom is -0.381 e. The second-order valence-corrected chi connectivity index (χ2v) is 7.49. The fourth-order valence-corrected chi connectivity index (χ4v) is 3.34. The number of ether oxygens (including phenoxy) is 1. The number of nitrogens with one attached hydrogen (secondary N) is 1. The molecule has 1 aromatic carbocycles. The van der Waals surface area contributed by atoms with E-state index in [0.29, 0.717) is 6.54 Å². The summed E-state index contributed by atoms with van der Waals surface area (Å²) in [4.78, 5) is 9.32.